The minimum atomic E-state index is -0.549. The molecule has 0 saturated carbocycles. The normalized spacial score (nSPS) is 11.4. The molecule has 1 amide bonds. The van der Waals surface area contributed by atoms with Gasteiger partial charge < -0.3 is 9.88 Å². The van der Waals surface area contributed by atoms with Crippen LogP contribution < -0.4 is 5.32 Å². The van der Waals surface area contributed by atoms with Crippen molar-refractivity contribution in [3.63, 3.8) is 0 Å². The minimum Gasteiger partial charge on any atom is -0.320 e. The van der Waals surface area contributed by atoms with E-state index in [1.807, 2.05) is 44.2 Å². The minimum absolute atomic E-state index is 0.0285. The monoisotopic (exact) mass is 459 g/mol. The predicted molar refractivity (Wildman–Crippen MR) is 131 cm³/mol. The van der Waals surface area contributed by atoms with E-state index >= 15 is 0 Å². The molecule has 0 atom stereocenters. The molecule has 1 N–H and O–H groups in total. The molecule has 4 nitrogen and oxygen atoms in total. The summed E-state index contributed by atoms with van der Waals surface area (Å²) in [5.41, 5.74) is 4.09. The number of aryl methyl sites for hydroxylation is 1. The number of carbonyl (C=O) groups is 1. The van der Waals surface area contributed by atoms with Crippen LogP contribution in [-0.4, -0.2) is 10.5 Å². The number of nitrogens with one attached hydrogen (secondary N) is 1. The lowest BCUT2D eigenvalue weighted by Gasteiger charge is -2.13. The molecule has 32 heavy (non-hydrogen) atoms. The summed E-state index contributed by atoms with van der Waals surface area (Å²) in [6.07, 6.45) is 1.59. The lowest BCUT2D eigenvalue weighted by atomic mass is 10.1. The summed E-state index contributed by atoms with van der Waals surface area (Å²) >= 11 is 12.2. The van der Waals surface area contributed by atoms with E-state index in [-0.39, 0.29) is 10.6 Å². The average molecular weight is 460 g/mol. The molecule has 0 unspecified atom stereocenters. The van der Waals surface area contributed by atoms with E-state index in [0.717, 1.165) is 33.4 Å². The van der Waals surface area contributed by atoms with E-state index in [9.17, 15) is 10.1 Å². The number of fused-ring (bicyclic) bond motifs is 1. The van der Waals surface area contributed by atoms with Crippen molar-refractivity contribution >= 4 is 51.6 Å². The first-order valence-electron chi connectivity index (χ1n) is 9.95. The smallest absolute Gasteiger partial charge is 0.266 e. The largest absolute Gasteiger partial charge is 0.320 e. The molecule has 0 aliphatic carbocycles. The van der Waals surface area contributed by atoms with Crippen LogP contribution in [0.5, 0.6) is 0 Å². The van der Waals surface area contributed by atoms with Crippen LogP contribution in [0.3, 0.4) is 0 Å². The lowest BCUT2D eigenvalue weighted by Crippen LogP contribution is -2.13. The number of amides is 1. The fourth-order valence-corrected chi connectivity index (χ4v) is 4.15. The Morgan fingerprint density at radius 2 is 1.75 bits per heavy atom. The molecule has 0 bridgehead atoms. The molecule has 4 aromatic rings. The number of benzene rings is 3. The topological polar surface area (TPSA) is 57.8 Å². The number of halogens is 2. The van der Waals surface area contributed by atoms with Gasteiger partial charge in [-0.2, -0.15) is 5.26 Å². The maximum atomic E-state index is 12.7. The highest BCUT2D eigenvalue weighted by atomic mass is 35.5. The van der Waals surface area contributed by atoms with Gasteiger partial charge in [0.25, 0.3) is 5.91 Å². The standard InChI is InChI=1S/C26H19Cl2N3O/c1-16-13-19(14-20(15-29)26(32)30-23-11-6-10-22(27)25(23)28)17(2)31(16)24-12-5-8-18-7-3-4-9-21(18)24/h3-14H,1-2H3,(H,30,32)/b20-14+. The zero-order valence-electron chi connectivity index (χ0n) is 17.5. The molecule has 158 valence electrons. The molecular weight excluding hydrogens is 441 g/mol. The summed E-state index contributed by atoms with van der Waals surface area (Å²) in [6, 6.07) is 23.3. The summed E-state index contributed by atoms with van der Waals surface area (Å²) in [4.78, 5) is 12.7. The first-order valence-corrected chi connectivity index (χ1v) is 10.7. The zero-order valence-corrected chi connectivity index (χ0v) is 19.0. The van der Waals surface area contributed by atoms with Gasteiger partial charge in [-0.15, -0.1) is 0 Å². The van der Waals surface area contributed by atoms with Crippen molar-refractivity contribution in [1.82, 2.24) is 4.57 Å². The van der Waals surface area contributed by atoms with E-state index in [2.05, 4.69) is 34.1 Å². The molecule has 0 spiro atoms. The first-order chi connectivity index (χ1) is 15.4. The summed E-state index contributed by atoms with van der Waals surface area (Å²) in [6.45, 7) is 3.98. The maximum Gasteiger partial charge on any atom is 0.266 e. The zero-order chi connectivity index (χ0) is 22.8. The SMILES string of the molecule is Cc1cc(/C=C(\C#N)C(=O)Nc2cccc(Cl)c2Cl)c(C)n1-c1cccc2ccccc12. The number of aromatic nitrogens is 1. The number of anilines is 1. The summed E-state index contributed by atoms with van der Waals surface area (Å²) in [5.74, 6) is -0.549. The Balaban J connectivity index is 1.73. The molecule has 1 aromatic heterocycles. The Hall–Kier alpha value is -3.52. The second-order valence-electron chi connectivity index (χ2n) is 7.39. The lowest BCUT2D eigenvalue weighted by molar-refractivity contribution is -0.112. The van der Waals surface area contributed by atoms with Crippen LogP contribution in [0.25, 0.3) is 22.5 Å². The van der Waals surface area contributed by atoms with Gasteiger partial charge in [-0.1, -0.05) is 65.7 Å². The number of carbonyl (C=O) groups excluding carboxylic acids is 1. The summed E-state index contributed by atoms with van der Waals surface area (Å²) in [7, 11) is 0. The molecule has 0 aliphatic rings. The fraction of sp³-hybridized carbons (Fsp3) is 0.0769. The number of rotatable bonds is 4. The molecule has 3 aromatic carbocycles. The third-order valence-electron chi connectivity index (χ3n) is 5.34. The van der Waals surface area contributed by atoms with Crippen molar-refractivity contribution in [2.75, 3.05) is 5.32 Å². The van der Waals surface area contributed by atoms with Crippen LogP contribution in [0.4, 0.5) is 5.69 Å². The van der Waals surface area contributed by atoms with Crippen molar-refractivity contribution < 1.29 is 4.79 Å². The molecular formula is C26H19Cl2N3O. The molecule has 0 fully saturated rings. The number of nitriles is 1. The van der Waals surface area contributed by atoms with Gasteiger partial charge in [0, 0.05) is 16.8 Å². The van der Waals surface area contributed by atoms with Crippen molar-refractivity contribution in [2.24, 2.45) is 0 Å². The van der Waals surface area contributed by atoms with Gasteiger partial charge in [-0.25, -0.2) is 0 Å². The summed E-state index contributed by atoms with van der Waals surface area (Å²) in [5, 5.41) is 15.1. The van der Waals surface area contributed by atoms with E-state index in [1.54, 1.807) is 24.3 Å². The van der Waals surface area contributed by atoms with E-state index in [4.69, 9.17) is 23.2 Å². The average Bonchev–Trinajstić information content (AvgIpc) is 3.07. The van der Waals surface area contributed by atoms with Gasteiger partial charge in [0.1, 0.15) is 11.6 Å². The van der Waals surface area contributed by atoms with Crippen LogP contribution in [0.15, 0.2) is 72.3 Å². The van der Waals surface area contributed by atoms with Crippen LogP contribution in [-0.2, 0) is 4.79 Å². The highest BCUT2D eigenvalue weighted by Gasteiger charge is 2.16. The third-order valence-corrected chi connectivity index (χ3v) is 6.16. The predicted octanol–water partition coefficient (Wildman–Crippen LogP) is 7.10. The van der Waals surface area contributed by atoms with Crippen LogP contribution >= 0.6 is 23.2 Å². The van der Waals surface area contributed by atoms with Gasteiger partial charge in [0.2, 0.25) is 0 Å². The maximum absolute atomic E-state index is 12.7. The third kappa shape index (κ3) is 4.01. The Labute approximate surface area is 196 Å². The second kappa shape index (κ2) is 8.92. The van der Waals surface area contributed by atoms with E-state index in [0.29, 0.717) is 10.7 Å². The van der Waals surface area contributed by atoms with Crippen LogP contribution in [0, 0.1) is 25.2 Å². The first kappa shape index (κ1) is 21.7. The highest BCUT2D eigenvalue weighted by Crippen LogP contribution is 2.31. The quantitative estimate of drug-likeness (QED) is 0.261. The fourth-order valence-electron chi connectivity index (χ4n) is 3.80. The van der Waals surface area contributed by atoms with Gasteiger partial charge >= 0.3 is 0 Å². The Kier molecular flexibility index (Phi) is 6.05. The van der Waals surface area contributed by atoms with Crippen molar-refractivity contribution in [3.05, 3.63) is 99.3 Å². The van der Waals surface area contributed by atoms with Crippen molar-refractivity contribution in [1.29, 1.82) is 5.26 Å². The molecule has 0 aliphatic heterocycles. The Bertz CT molecular complexity index is 1420. The number of nitrogens with zero attached hydrogens (tertiary/aromatic N) is 2. The van der Waals surface area contributed by atoms with E-state index < -0.39 is 5.91 Å². The van der Waals surface area contributed by atoms with Gasteiger partial charge in [-0.3, -0.25) is 4.79 Å². The molecule has 0 saturated heterocycles. The second-order valence-corrected chi connectivity index (χ2v) is 8.17. The van der Waals surface area contributed by atoms with Crippen LogP contribution in [0.1, 0.15) is 17.0 Å². The molecule has 0 radical (unpaired) electrons. The van der Waals surface area contributed by atoms with Gasteiger partial charge in [0.05, 0.1) is 21.4 Å². The van der Waals surface area contributed by atoms with Gasteiger partial charge in [0.15, 0.2) is 0 Å². The molecule has 6 heteroatoms. The Morgan fingerprint density at radius 1 is 1.03 bits per heavy atom. The van der Waals surface area contributed by atoms with Gasteiger partial charge in [-0.05, 0) is 55.1 Å². The number of hydrogen-bond acceptors (Lipinski definition) is 2. The highest BCUT2D eigenvalue weighted by molar-refractivity contribution is 6.44. The van der Waals surface area contributed by atoms with Crippen LogP contribution in [0.2, 0.25) is 10.0 Å². The number of hydrogen-bond donors (Lipinski definition) is 1. The van der Waals surface area contributed by atoms with Crippen molar-refractivity contribution in [2.45, 2.75) is 13.8 Å². The van der Waals surface area contributed by atoms with Crippen molar-refractivity contribution in [3.8, 4) is 11.8 Å². The summed E-state index contributed by atoms with van der Waals surface area (Å²) < 4.78 is 2.13. The molecule has 4 rings (SSSR count). The van der Waals surface area contributed by atoms with E-state index in [1.165, 1.54) is 0 Å². The Morgan fingerprint density at radius 3 is 2.53 bits per heavy atom. The molecule has 1 heterocycles.